The zero-order valence-electron chi connectivity index (χ0n) is 10.0. The van der Waals surface area contributed by atoms with Crippen LogP contribution in [0, 0.1) is 0 Å². The van der Waals surface area contributed by atoms with Crippen LogP contribution in [0.5, 0.6) is 0 Å². The predicted molar refractivity (Wildman–Crippen MR) is 73.4 cm³/mol. The molecule has 0 bridgehead atoms. The van der Waals surface area contributed by atoms with Crippen LogP contribution in [0.4, 0.5) is 0 Å². The van der Waals surface area contributed by atoms with E-state index in [0.717, 1.165) is 0 Å². The lowest BCUT2D eigenvalue weighted by molar-refractivity contribution is 0.758. The van der Waals surface area contributed by atoms with Gasteiger partial charge in [-0.2, -0.15) is 0 Å². The first kappa shape index (κ1) is 12.8. The van der Waals surface area contributed by atoms with E-state index in [0.29, 0.717) is 0 Å². The Bertz CT molecular complexity index is 257. The minimum absolute atomic E-state index is 1.18. The standard InChI is InChI=1S/C8H12.C8H10/c2*1-2-4-6-8-7-5-3-1/h1-4H,5-8H2;1-6H,7-8H2. The number of rotatable bonds is 0. The van der Waals surface area contributed by atoms with Crippen LogP contribution >= 0.6 is 0 Å². The second-order valence-electron chi connectivity index (χ2n) is 3.96. The highest BCUT2D eigenvalue weighted by Gasteiger charge is 1.84. The van der Waals surface area contributed by atoms with Crippen molar-refractivity contribution in [3.63, 3.8) is 0 Å². The Morgan fingerprint density at radius 3 is 1.25 bits per heavy atom. The van der Waals surface area contributed by atoms with Crippen LogP contribution in [0.3, 0.4) is 0 Å². The molecule has 0 fully saturated rings. The molecule has 2 aliphatic carbocycles. The van der Waals surface area contributed by atoms with Gasteiger partial charge in [0.2, 0.25) is 0 Å². The van der Waals surface area contributed by atoms with E-state index in [-0.39, 0.29) is 0 Å². The third-order valence-corrected chi connectivity index (χ3v) is 2.48. The van der Waals surface area contributed by atoms with Crippen LogP contribution in [-0.4, -0.2) is 0 Å². The van der Waals surface area contributed by atoms with Crippen LogP contribution in [-0.2, 0) is 0 Å². The lowest BCUT2D eigenvalue weighted by atomic mass is 10.1. The molecule has 0 aromatic rings. The van der Waals surface area contributed by atoms with Crippen molar-refractivity contribution in [2.24, 2.45) is 0 Å². The summed E-state index contributed by atoms with van der Waals surface area (Å²) in [6.07, 6.45) is 29.0. The molecule has 0 spiro atoms. The molecule has 0 atom stereocenters. The van der Waals surface area contributed by atoms with E-state index >= 15 is 0 Å². The fourth-order valence-electron chi connectivity index (χ4n) is 1.54. The molecular formula is C16H22. The summed E-state index contributed by atoms with van der Waals surface area (Å²) >= 11 is 0. The summed E-state index contributed by atoms with van der Waals surface area (Å²) < 4.78 is 0. The van der Waals surface area contributed by atoms with Gasteiger partial charge in [-0.15, -0.1) is 0 Å². The molecule has 0 amide bonds. The molecule has 0 saturated heterocycles. The molecule has 0 heterocycles. The van der Waals surface area contributed by atoms with Crippen molar-refractivity contribution < 1.29 is 0 Å². The Morgan fingerprint density at radius 2 is 0.750 bits per heavy atom. The zero-order valence-corrected chi connectivity index (χ0v) is 10.0. The number of hydrogen-bond acceptors (Lipinski definition) is 0. The maximum absolute atomic E-state index is 2.23. The molecule has 16 heavy (non-hydrogen) atoms. The van der Waals surface area contributed by atoms with E-state index in [2.05, 4.69) is 60.8 Å². The second-order valence-corrected chi connectivity index (χ2v) is 3.96. The summed E-state index contributed by atoms with van der Waals surface area (Å²) in [4.78, 5) is 0. The fraction of sp³-hybridized carbons (Fsp3) is 0.375. The first-order valence-corrected chi connectivity index (χ1v) is 6.30. The van der Waals surface area contributed by atoms with Crippen LogP contribution < -0.4 is 0 Å². The van der Waals surface area contributed by atoms with Gasteiger partial charge in [-0.25, -0.2) is 0 Å². The van der Waals surface area contributed by atoms with Crippen LogP contribution in [0.25, 0.3) is 0 Å². The van der Waals surface area contributed by atoms with E-state index in [9.17, 15) is 0 Å². The molecule has 0 aromatic carbocycles. The smallest absolute Gasteiger partial charge is 0.0313 e. The van der Waals surface area contributed by atoms with Crippen molar-refractivity contribution in [1.82, 2.24) is 0 Å². The average Bonchev–Trinajstić information content (AvgIpc) is 2.15. The molecule has 86 valence electrons. The highest BCUT2D eigenvalue weighted by atomic mass is 13.9. The molecule has 0 heteroatoms. The molecular weight excluding hydrogens is 192 g/mol. The van der Waals surface area contributed by atoms with Gasteiger partial charge in [0, 0.05) is 0 Å². The Hall–Kier alpha value is -1.30. The van der Waals surface area contributed by atoms with Gasteiger partial charge in [0.25, 0.3) is 0 Å². The Balaban J connectivity index is 0.000000160. The molecule has 0 aliphatic heterocycles. The quantitative estimate of drug-likeness (QED) is 0.525. The van der Waals surface area contributed by atoms with E-state index in [4.69, 9.17) is 0 Å². The minimum atomic E-state index is 1.18. The maximum Gasteiger partial charge on any atom is -0.0313 e. The Labute approximate surface area is 99.8 Å². The van der Waals surface area contributed by atoms with E-state index in [1.807, 2.05) is 0 Å². The van der Waals surface area contributed by atoms with Gasteiger partial charge in [-0.1, -0.05) is 60.8 Å². The summed E-state index contributed by atoms with van der Waals surface area (Å²) in [5, 5.41) is 0. The third kappa shape index (κ3) is 8.05. The topological polar surface area (TPSA) is 0 Å². The van der Waals surface area contributed by atoms with E-state index in [1.54, 1.807) is 0 Å². The van der Waals surface area contributed by atoms with Crippen LogP contribution in [0.15, 0.2) is 60.8 Å². The van der Waals surface area contributed by atoms with Crippen molar-refractivity contribution in [3.8, 4) is 0 Å². The molecule has 0 saturated carbocycles. The van der Waals surface area contributed by atoms with Crippen molar-refractivity contribution in [2.45, 2.75) is 38.5 Å². The fourth-order valence-corrected chi connectivity index (χ4v) is 1.54. The summed E-state index contributed by atoms with van der Waals surface area (Å²) in [6.45, 7) is 0. The SMILES string of the molecule is C1=CC=CCCC=C1.C1=CCCCCC=C1. The van der Waals surface area contributed by atoms with Crippen molar-refractivity contribution in [1.29, 1.82) is 0 Å². The molecule has 2 rings (SSSR count). The summed E-state index contributed by atoms with van der Waals surface area (Å²) in [5.74, 6) is 0. The van der Waals surface area contributed by atoms with Gasteiger partial charge in [0.05, 0.1) is 0 Å². The molecule has 2 aliphatic rings. The Morgan fingerprint density at radius 1 is 0.375 bits per heavy atom. The highest BCUT2D eigenvalue weighted by Crippen LogP contribution is 2.04. The first-order chi connectivity index (χ1) is 8.00. The number of allylic oxidation sites excluding steroid dienone is 10. The highest BCUT2D eigenvalue weighted by molar-refractivity contribution is 5.13. The van der Waals surface area contributed by atoms with E-state index < -0.39 is 0 Å². The zero-order chi connectivity index (χ0) is 11.3. The van der Waals surface area contributed by atoms with Gasteiger partial charge in [-0.05, 0) is 38.5 Å². The lowest BCUT2D eigenvalue weighted by Crippen LogP contribution is -1.74. The van der Waals surface area contributed by atoms with Crippen molar-refractivity contribution in [3.05, 3.63) is 60.8 Å². The molecule has 0 unspecified atom stereocenters. The molecule has 0 N–H and O–H groups in total. The van der Waals surface area contributed by atoms with Crippen molar-refractivity contribution >= 4 is 0 Å². The van der Waals surface area contributed by atoms with Gasteiger partial charge in [-0.3, -0.25) is 0 Å². The van der Waals surface area contributed by atoms with Gasteiger partial charge in [0.15, 0.2) is 0 Å². The average molecular weight is 214 g/mol. The lowest BCUT2D eigenvalue weighted by Gasteiger charge is -1.94. The normalized spacial score (nSPS) is 19.0. The summed E-state index contributed by atoms with van der Waals surface area (Å²) in [5.41, 5.74) is 0. The maximum atomic E-state index is 2.23. The van der Waals surface area contributed by atoms with Crippen molar-refractivity contribution in [2.75, 3.05) is 0 Å². The van der Waals surface area contributed by atoms with Crippen LogP contribution in [0.1, 0.15) is 38.5 Å². The third-order valence-electron chi connectivity index (χ3n) is 2.48. The molecule has 0 radical (unpaired) electrons. The van der Waals surface area contributed by atoms with Crippen LogP contribution in [0.2, 0.25) is 0 Å². The predicted octanol–water partition coefficient (Wildman–Crippen LogP) is 5.12. The monoisotopic (exact) mass is 214 g/mol. The van der Waals surface area contributed by atoms with Gasteiger partial charge in [0.1, 0.15) is 0 Å². The van der Waals surface area contributed by atoms with Gasteiger partial charge >= 0.3 is 0 Å². The van der Waals surface area contributed by atoms with E-state index in [1.165, 1.54) is 38.5 Å². The summed E-state index contributed by atoms with van der Waals surface area (Å²) in [7, 11) is 0. The van der Waals surface area contributed by atoms with Gasteiger partial charge < -0.3 is 0 Å². The molecule has 0 aromatic heterocycles. The first-order valence-electron chi connectivity index (χ1n) is 6.30. The number of hydrogen-bond donors (Lipinski definition) is 0. The summed E-state index contributed by atoms with van der Waals surface area (Å²) in [6, 6.07) is 0. The largest absolute Gasteiger partial charge is 0.0845 e. The Kier molecular flexibility index (Phi) is 8.16. The molecule has 0 nitrogen and oxygen atoms in total. The second kappa shape index (κ2) is 10.2. The minimum Gasteiger partial charge on any atom is -0.0845 e.